The summed E-state index contributed by atoms with van der Waals surface area (Å²) in [6, 6.07) is 6.33. The van der Waals surface area contributed by atoms with Crippen LogP contribution in [0.15, 0.2) is 29.4 Å². The van der Waals surface area contributed by atoms with Gasteiger partial charge in [-0.25, -0.2) is 0 Å². The lowest BCUT2D eigenvalue weighted by molar-refractivity contribution is 0.318. The number of anilines is 1. The monoisotopic (exact) mass is 270 g/mol. The molecule has 1 aromatic rings. The van der Waals surface area contributed by atoms with Gasteiger partial charge in [0.05, 0.1) is 5.69 Å². The van der Waals surface area contributed by atoms with Crippen molar-refractivity contribution < 1.29 is 13.6 Å². The summed E-state index contributed by atoms with van der Waals surface area (Å²) < 4.78 is 28.2. The van der Waals surface area contributed by atoms with Gasteiger partial charge in [-0.15, -0.1) is 0 Å². The molecule has 0 aromatic heterocycles. The number of benzene rings is 1. The van der Waals surface area contributed by atoms with Crippen molar-refractivity contribution in [3.63, 3.8) is 0 Å². The third-order valence-electron chi connectivity index (χ3n) is 2.42. The van der Waals surface area contributed by atoms with Gasteiger partial charge in [0.1, 0.15) is 0 Å². The summed E-state index contributed by atoms with van der Waals surface area (Å²) in [4.78, 5) is 0. The zero-order valence-corrected chi connectivity index (χ0v) is 10.3. The third-order valence-corrected chi connectivity index (χ3v) is 3.57. The van der Waals surface area contributed by atoms with Gasteiger partial charge in [0.2, 0.25) is 0 Å². The molecule has 8 heteroatoms. The Bertz CT molecular complexity index is 566. The van der Waals surface area contributed by atoms with Gasteiger partial charge >= 0.3 is 0 Å². The molecule has 18 heavy (non-hydrogen) atoms. The maximum absolute atomic E-state index is 11.7. The van der Waals surface area contributed by atoms with Gasteiger partial charge in [-0.2, -0.15) is 13.1 Å². The molecule has 2 rings (SSSR count). The van der Waals surface area contributed by atoms with Gasteiger partial charge in [0.25, 0.3) is 10.2 Å². The molecule has 0 bridgehead atoms. The molecule has 1 aliphatic carbocycles. The van der Waals surface area contributed by atoms with Crippen LogP contribution in [0.2, 0.25) is 0 Å². The number of nitrogens with zero attached hydrogens (tertiary/aromatic N) is 1. The fourth-order valence-electron chi connectivity index (χ4n) is 1.40. The van der Waals surface area contributed by atoms with Crippen molar-refractivity contribution in [3.05, 3.63) is 29.8 Å². The molecule has 0 aliphatic heterocycles. The molecule has 0 saturated heterocycles. The van der Waals surface area contributed by atoms with E-state index in [1.165, 1.54) is 6.07 Å². The Balaban J connectivity index is 2.13. The summed E-state index contributed by atoms with van der Waals surface area (Å²) in [5.41, 5.74) is 6.21. The van der Waals surface area contributed by atoms with E-state index < -0.39 is 10.2 Å². The van der Waals surface area contributed by atoms with Crippen molar-refractivity contribution in [2.24, 2.45) is 10.9 Å². The van der Waals surface area contributed by atoms with Crippen molar-refractivity contribution in [2.45, 2.75) is 18.9 Å². The zero-order chi connectivity index (χ0) is 13.2. The molecule has 0 spiro atoms. The van der Waals surface area contributed by atoms with E-state index in [9.17, 15) is 8.42 Å². The molecule has 7 nitrogen and oxygen atoms in total. The lowest BCUT2D eigenvalue weighted by Crippen LogP contribution is -2.31. The number of oxime groups is 1. The number of hydrogen-bond acceptors (Lipinski definition) is 4. The minimum absolute atomic E-state index is 0.0368. The Morgan fingerprint density at radius 1 is 1.44 bits per heavy atom. The first-order chi connectivity index (χ1) is 8.50. The van der Waals surface area contributed by atoms with Gasteiger partial charge in [-0.3, -0.25) is 4.72 Å². The summed E-state index contributed by atoms with van der Waals surface area (Å²) in [5, 5.41) is 11.4. The molecule has 0 radical (unpaired) electrons. The van der Waals surface area contributed by atoms with E-state index in [0.717, 1.165) is 12.8 Å². The van der Waals surface area contributed by atoms with E-state index in [0.29, 0.717) is 11.3 Å². The Labute approximate surface area is 105 Å². The molecule has 0 heterocycles. The maximum Gasteiger partial charge on any atom is 0.299 e. The first-order valence-corrected chi connectivity index (χ1v) is 6.86. The van der Waals surface area contributed by atoms with Crippen molar-refractivity contribution in [1.82, 2.24) is 4.72 Å². The van der Waals surface area contributed by atoms with Crippen LogP contribution in [-0.2, 0) is 10.2 Å². The Morgan fingerprint density at radius 2 is 2.17 bits per heavy atom. The first kappa shape index (κ1) is 12.7. The van der Waals surface area contributed by atoms with Crippen LogP contribution >= 0.6 is 0 Å². The summed E-state index contributed by atoms with van der Waals surface area (Å²) in [5.74, 6) is -0.0776. The quantitative estimate of drug-likeness (QED) is 0.264. The van der Waals surface area contributed by atoms with Crippen molar-refractivity contribution in [2.75, 3.05) is 4.72 Å². The van der Waals surface area contributed by atoms with E-state index >= 15 is 0 Å². The number of hydrogen-bond donors (Lipinski definition) is 4. The highest BCUT2D eigenvalue weighted by Gasteiger charge is 2.26. The van der Waals surface area contributed by atoms with E-state index in [4.69, 9.17) is 10.9 Å². The van der Waals surface area contributed by atoms with Gasteiger partial charge in [-0.05, 0) is 25.0 Å². The largest absolute Gasteiger partial charge is 0.409 e. The normalized spacial score (nSPS) is 16.6. The summed E-state index contributed by atoms with van der Waals surface area (Å²) in [6.45, 7) is 0. The maximum atomic E-state index is 11.7. The van der Waals surface area contributed by atoms with Gasteiger partial charge in [0, 0.05) is 11.6 Å². The first-order valence-electron chi connectivity index (χ1n) is 5.38. The smallest absolute Gasteiger partial charge is 0.299 e. The van der Waals surface area contributed by atoms with E-state index in [1.54, 1.807) is 18.2 Å². The molecule has 0 unspecified atom stereocenters. The number of nitrogens with one attached hydrogen (secondary N) is 2. The lowest BCUT2D eigenvalue weighted by Gasteiger charge is -2.09. The van der Waals surface area contributed by atoms with Crippen LogP contribution in [0.3, 0.4) is 0 Å². The minimum atomic E-state index is -3.56. The standard InChI is InChI=1S/C10H14N4O3S/c11-10(12-15)7-2-1-3-9(6-7)14-18(16,17)13-8-4-5-8/h1-3,6,8,13-15H,4-5H2,(H2,11,12). The van der Waals surface area contributed by atoms with Crippen molar-refractivity contribution in [3.8, 4) is 0 Å². The van der Waals surface area contributed by atoms with Crippen LogP contribution in [-0.4, -0.2) is 25.5 Å². The zero-order valence-electron chi connectivity index (χ0n) is 9.50. The highest BCUT2D eigenvalue weighted by Crippen LogP contribution is 2.20. The van der Waals surface area contributed by atoms with Crippen LogP contribution in [0.1, 0.15) is 18.4 Å². The second kappa shape index (κ2) is 4.83. The van der Waals surface area contributed by atoms with Gasteiger partial charge < -0.3 is 10.9 Å². The molecule has 0 atom stereocenters. The highest BCUT2D eigenvalue weighted by atomic mass is 32.2. The molecular formula is C10H14N4O3S. The molecule has 0 amide bonds. The molecule has 1 saturated carbocycles. The summed E-state index contributed by atoms with van der Waals surface area (Å²) in [7, 11) is -3.56. The van der Waals surface area contributed by atoms with Crippen LogP contribution < -0.4 is 15.2 Å². The summed E-state index contributed by atoms with van der Waals surface area (Å²) in [6.07, 6.45) is 1.73. The summed E-state index contributed by atoms with van der Waals surface area (Å²) >= 11 is 0. The average Bonchev–Trinajstić information content (AvgIpc) is 3.10. The van der Waals surface area contributed by atoms with Gasteiger partial charge in [-0.1, -0.05) is 17.3 Å². The van der Waals surface area contributed by atoms with Crippen LogP contribution in [0.4, 0.5) is 5.69 Å². The second-order valence-electron chi connectivity index (χ2n) is 4.06. The van der Waals surface area contributed by atoms with Gasteiger partial charge in [0.15, 0.2) is 5.84 Å². The molecular weight excluding hydrogens is 256 g/mol. The predicted molar refractivity (Wildman–Crippen MR) is 67.7 cm³/mol. The second-order valence-corrected chi connectivity index (χ2v) is 5.51. The van der Waals surface area contributed by atoms with Crippen molar-refractivity contribution >= 4 is 21.7 Å². The van der Waals surface area contributed by atoms with Crippen LogP contribution in [0, 0.1) is 0 Å². The molecule has 5 N–H and O–H groups in total. The highest BCUT2D eigenvalue weighted by molar-refractivity contribution is 7.90. The number of amidine groups is 1. The molecule has 98 valence electrons. The Kier molecular flexibility index (Phi) is 3.39. The van der Waals surface area contributed by atoms with Crippen molar-refractivity contribution in [1.29, 1.82) is 0 Å². The predicted octanol–water partition coefficient (Wildman–Crippen LogP) is 0.190. The van der Waals surface area contributed by atoms with Crippen LogP contribution in [0.5, 0.6) is 0 Å². The molecule has 1 aromatic carbocycles. The molecule has 1 aliphatic rings. The van der Waals surface area contributed by atoms with Crippen LogP contribution in [0.25, 0.3) is 0 Å². The Morgan fingerprint density at radius 3 is 2.78 bits per heavy atom. The SMILES string of the molecule is N/C(=N/O)c1cccc(NS(=O)(=O)NC2CC2)c1. The lowest BCUT2D eigenvalue weighted by atomic mass is 10.2. The number of rotatable bonds is 5. The average molecular weight is 270 g/mol. The fourth-order valence-corrected chi connectivity index (χ4v) is 2.58. The third kappa shape index (κ3) is 3.34. The molecule has 1 fully saturated rings. The van der Waals surface area contributed by atoms with E-state index in [1.807, 2.05) is 0 Å². The topological polar surface area (TPSA) is 117 Å². The Hall–Kier alpha value is -1.80. The fraction of sp³-hybridized carbons (Fsp3) is 0.300. The van der Waals surface area contributed by atoms with E-state index in [-0.39, 0.29) is 11.9 Å². The van der Waals surface area contributed by atoms with E-state index in [2.05, 4.69) is 14.6 Å². The minimum Gasteiger partial charge on any atom is -0.409 e. The number of nitrogens with two attached hydrogens (primary N) is 1.